The first-order valence-electron chi connectivity index (χ1n) is 8.46. The van der Waals surface area contributed by atoms with Crippen LogP contribution >= 0.6 is 0 Å². The number of fused-ring (bicyclic) bond motifs is 2. The van der Waals surface area contributed by atoms with Crippen LogP contribution in [0.15, 0.2) is 63.7 Å². The summed E-state index contributed by atoms with van der Waals surface area (Å²) in [5.74, 6) is 0.373. The molecule has 0 saturated heterocycles. The number of aromatic nitrogens is 2. The maximum absolute atomic E-state index is 13.3. The van der Waals surface area contributed by atoms with E-state index in [0.29, 0.717) is 17.1 Å². The molecule has 0 fully saturated rings. The van der Waals surface area contributed by atoms with Gasteiger partial charge in [0.15, 0.2) is 10.8 Å². The summed E-state index contributed by atoms with van der Waals surface area (Å²) < 4.78 is 26.7. The third-order valence-electron chi connectivity index (χ3n) is 4.51. The Morgan fingerprint density at radius 2 is 1.63 bits per heavy atom. The molecule has 0 bridgehead atoms. The third-order valence-corrected chi connectivity index (χ3v) is 6.25. The number of rotatable bonds is 2. The molecule has 0 spiro atoms. The Morgan fingerprint density at radius 1 is 0.926 bits per heavy atom. The minimum atomic E-state index is -3.84. The third kappa shape index (κ3) is 2.80. The van der Waals surface area contributed by atoms with Crippen molar-refractivity contribution in [2.24, 2.45) is 4.99 Å². The second-order valence-electron chi connectivity index (χ2n) is 6.46. The van der Waals surface area contributed by atoms with Gasteiger partial charge in [-0.3, -0.25) is 0 Å². The maximum atomic E-state index is 13.3. The summed E-state index contributed by atoms with van der Waals surface area (Å²) in [7, 11) is -2.16. The van der Waals surface area contributed by atoms with E-state index in [1.165, 1.54) is 6.33 Å². The summed E-state index contributed by atoms with van der Waals surface area (Å²) in [6, 6.07) is 13.1. The standard InChI is InChI=1S/C20H18N4O2S/c1-12-4-7-14(8-5-12)17-15-10-13(2)6-9-16(15)27(25,26)20-18(24-17)19(21-3)22-11-23-20/h4-11H,1-3H3,(H,21,22,23). The SMILES string of the molecule is CNc1ncnc2c1N=C(c1ccc(C)cc1)c1cc(C)ccc1S2(=O)=O. The van der Waals surface area contributed by atoms with Crippen LogP contribution in [0.25, 0.3) is 0 Å². The molecule has 2 heterocycles. The summed E-state index contributed by atoms with van der Waals surface area (Å²) in [5, 5.41) is 2.83. The summed E-state index contributed by atoms with van der Waals surface area (Å²) in [5.41, 5.74) is 4.28. The Balaban J connectivity index is 2.14. The first-order chi connectivity index (χ1) is 12.9. The van der Waals surface area contributed by atoms with Crippen LogP contribution in [-0.2, 0) is 9.84 Å². The van der Waals surface area contributed by atoms with E-state index in [9.17, 15) is 8.42 Å². The predicted octanol–water partition coefficient (Wildman–Crippen LogP) is 3.45. The van der Waals surface area contributed by atoms with Crippen molar-refractivity contribution >= 4 is 27.1 Å². The molecule has 1 N–H and O–H groups in total. The highest BCUT2D eigenvalue weighted by atomic mass is 32.2. The summed E-state index contributed by atoms with van der Waals surface area (Å²) in [4.78, 5) is 13.1. The lowest BCUT2D eigenvalue weighted by Gasteiger charge is -2.11. The topological polar surface area (TPSA) is 84.3 Å². The van der Waals surface area contributed by atoms with Crippen molar-refractivity contribution in [2.45, 2.75) is 23.8 Å². The molecule has 0 unspecified atom stereocenters. The molecular weight excluding hydrogens is 360 g/mol. The Kier molecular flexibility index (Phi) is 4.04. The Morgan fingerprint density at radius 3 is 2.33 bits per heavy atom. The molecule has 0 radical (unpaired) electrons. The van der Waals surface area contributed by atoms with E-state index in [-0.39, 0.29) is 15.6 Å². The molecule has 136 valence electrons. The highest BCUT2D eigenvalue weighted by molar-refractivity contribution is 7.91. The largest absolute Gasteiger partial charge is 0.371 e. The van der Waals surface area contributed by atoms with Crippen molar-refractivity contribution in [3.63, 3.8) is 0 Å². The number of aryl methyl sites for hydroxylation is 2. The molecule has 7 heteroatoms. The molecule has 1 aliphatic heterocycles. The second kappa shape index (κ2) is 6.28. The minimum absolute atomic E-state index is 0.0888. The fraction of sp³-hybridized carbons (Fsp3) is 0.150. The Bertz CT molecular complexity index is 1180. The van der Waals surface area contributed by atoms with Crippen molar-refractivity contribution < 1.29 is 8.42 Å². The monoisotopic (exact) mass is 378 g/mol. The molecule has 0 atom stereocenters. The first-order valence-corrected chi connectivity index (χ1v) is 9.94. The highest BCUT2D eigenvalue weighted by Gasteiger charge is 2.32. The zero-order valence-corrected chi connectivity index (χ0v) is 16.0. The molecule has 27 heavy (non-hydrogen) atoms. The van der Waals surface area contributed by atoms with Crippen molar-refractivity contribution in [3.8, 4) is 0 Å². The van der Waals surface area contributed by atoms with Crippen LogP contribution in [0, 0.1) is 13.8 Å². The molecular formula is C20H18N4O2S. The average molecular weight is 378 g/mol. The molecule has 0 aliphatic carbocycles. The van der Waals surface area contributed by atoms with Crippen LogP contribution in [0.1, 0.15) is 22.3 Å². The van der Waals surface area contributed by atoms with E-state index in [1.807, 2.05) is 44.2 Å². The second-order valence-corrected chi connectivity index (χ2v) is 8.29. The van der Waals surface area contributed by atoms with Gasteiger partial charge in [0.25, 0.3) is 0 Å². The Hall–Kier alpha value is -3.06. The van der Waals surface area contributed by atoms with Crippen LogP contribution < -0.4 is 5.32 Å². The van der Waals surface area contributed by atoms with Crippen LogP contribution in [0.3, 0.4) is 0 Å². The number of sulfone groups is 1. The molecule has 1 aliphatic rings. The zero-order chi connectivity index (χ0) is 19.2. The molecule has 2 aromatic carbocycles. The number of hydrogen-bond acceptors (Lipinski definition) is 6. The van der Waals surface area contributed by atoms with Gasteiger partial charge in [-0.15, -0.1) is 0 Å². The van der Waals surface area contributed by atoms with E-state index in [4.69, 9.17) is 4.99 Å². The van der Waals surface area contributed by atoms with Crippen molar-refractivity contribution in [2.75, 3.05) is 12.4 Å². The lowest BCUT2D eigenvalue weighted by atomic mass is 9.99. The van der Waals surface area contributed by atoms with E-state index in [2.05, 4.69) is 15.3 Å². The van der Waals surface area contributed by atoms with Crippen LogP contribution in [0.2, 0.25) is 0 Å². The predicted molar refractivity (Wildman–Crippen MR) is 105 cm³/mol. The van der Waals surface area contributed by atoms with Gasteiger partial charge in [-0.2, -0.15) is 0 Å². The number of nitrogens with one attached hydrogen (secondary N) is 1. The van der Waals surface area contributed by atoms with Crippen molar-refractivity contribution in [1.82, 2.24) is 9.97 Å². The normalized spacial score (nSPS) is 14.6. The fourth-order valence-corrected chi connectivity index (χ4v) is 4.60. The number of nitrogens with zero attached hydrogens (tertiary/aromatic N) is 3. The summed E-state index contributed by atoms with van der Waals surface area (Å²) in [6.07, 6.45) is 1.24. The summed E-state index contributed by atoms with van der Waals surface area (Å²) >= 11 is 0. The molecule has 1 aromatic heterocycles. The van der Waals surface area contributed by atoms with Crippen LogP contribution in [0.4, 0.5) is 11.5 Å². The number of benzene rings is 2. The summed E-state index contributed by atoms with van der Waals surface area (Å²) in [6.45, 7) is 3.93. The van der Waals surface area contributed by atoms with Gasteiger partial charge in [0.05, 0.1) is 10.6 Å². The van der Waals surface area contributed by atoms with Crippen LogP contribution in [0.5, 0.6) is 0 Å². The van der Waals surface area contributed by atoms with Gasteiger partial charge >= 0.3 is 0 Å². The molecule has 4 rings (SSSR count). The molecule has 0 amide bonds. The van der Waals surface area contributed by atoms with Gasteiger partial charge in [-0.25, -0.2) is 23.4 Å². The maximum Gasteiger partial charge on any atom is 0.226 e. The van der Waals surface area contributed by atoms with Crippen molar-refractivity contribution in [3.05, 3.63) is 71.0 Å². The molecule has 3 aromatic rings. The quantitative estimate of drug-likeness (QED) is 0.540. The number of hydrogen-bond donors (Lipinski definition) is 1. The molecule has 6 nitrogen and oxygen atoms in total. The van der Waals surface area contributed by atoms with E-state index in [0.717, 1.165) is 16.7 Å². The van der Waals surface area contributed by atoms with E-state index >= 15 is 0 Å². The minimum Gasteiger partial charge on any atom is -0.371 e. The van der Waals surface area contributed by atoms with Gasteiger partial charge in [0, 0.05) is 18.2 Å². The average Bonchev–Trinajstić information content (AvgIpc) is 2.75. The lowest BCUT2D eigenvalue weighted by molar-refractivity contribution is 0.592. The van der Waals surface area contributed by atoms with Crippen molar-refractivity contribution in [1.29, 1.82) is 0 Å². The zero-order valence-electron chi connectivity index (χ0n) is 15.2. The smallest absolute Gasteiger partial charge is 0.226 e. The van der Waals surface area contributed by atoms with Gasteiger partial charge < -0.3 is 5.32 Å². The number of anilines is 1. The van der Waals surface area contributed by atoms with Gasteiger partial charge in [0.2, 0.25) is 9.84 Å². The van der Waals surface area contributed by atoms with Gasteiger partial charge in [-0.1, -0.05) is 41.5 Å². The first kappa shape index (κ1) is 17.4. The van der Waals surface area contributed by atoms with Gasteiger partial charge in [0.1, 0.15) is 12.0 Å². The Labute approximate surface area is 158 Å². The van der Waals surface area contributed by atoms with E-state index < -0.39 is 9.84 Å². The number of aliphatic imine (C=N–C) groups is 1. The molecule has 0 saturated carbocycles. The van der Waals surface area contributed by atoms with Crippen LogP contribution in [-0.4, -0.2) is 31.1 Å². The lowest BCUT2D eigenvalue weighted by Crippen LogP contribution is -2.10. The van der Waals surface area contributed by atoms with E-state index in [1.54, 1.807) is 19.2 Å². The highest BCUT2D eigenvalue weighted by Crippen LogP contribution is 2.38. The fourth-order valence-electron chi connectivity index (χ4n) is 3.11. The van der Waals surface area contributed by atoms with Gasteiger partial charge in [-0.05, 0) is 26.0 Å².